The third kappa shape index (κ3) is 6.13. The maximum atomic E-state index is 13.8. The molecule has 4 aromatic carbocycles. The molecular formula is C31H28N4O4S2. The molecule has 0 aliphatic heterocycles. The van der Waals surface area contributed by atoms with Crippen LogP contribution in [0, 0.1) is 6.92 Å². The number of fused-ring (bicyclic) bond motifs is 1. The van der Waals surface area contributed by atoms with E-state index < -0.39 is 15.9 Å². The Hall–Kier alpha value is -4.54. The monoisotopic (exact) mass is 584 g/mol. The molecule has 0 spiro atoms. The molecule has 0 fully saturated rings. The maximum Gasteiger partial charge on any atom is 0.280 e. The molecule has 0 atom stereocenters. The highest BCUT2D eigenvalue weighted by Crippen LogP contribution is 2.31. The Kier molecular flexibility index (Phi) is 8.14. The molecule has 1 aromatic heterocycles. The lowest BCUT2D eigenvalue weighted by atomic mass is 10.2. The number of anilines is 2. The summed E-state index contributed by atoms with van der Waals surface area (Å²) in [6, 6.07) is 27.9. The van der Waals surface area contributed by atoms with Gasteiger partial charge in [0.25, 0.3) is 15.9 Å². The number of aromatic nitrogens is 1. The number of aryl methyl sites for hydroxylation is 1. The molecule has 0 bridgehead atoms. The number of ether oxygens (including phenoxy) is 1. The van der Waals surface area contributed by atoms with Gasteiger partial charge in [-0.2, -0.15) is 10.1 Å². The Morgan fingerprint density at radius 1 is 0.976 bits per heavy atom. The quantitative estimate of drug-likeness (QED) is 0.146. The van der Waals surface area contributed by atoms with E-state index in [0.717, 1.165) is 27.1 Å². The Bertz CT molecular complexity index is 1800. The van der Waals surface area contributed by atoms with Crippen LogP contribution in [0.25, 0.3) is 10.2 Å². The minimum atomic E-state index is -3.82. The number of para-hydroxylation sites is 1. The fourth-order valence-electron chi connectivity index (χ4n) is 4.07. The van der Waals surface area contributed by atoms with Crippen molar-refractivity contribution in [3.63, 3.8) is 0 Å². The fourth-order valence-corrected chi connectivity index (χ4v) is 6.28. The van der Waals surface area contributed by atoms with Gasteiger partial charge in [-0.15, -0.1) is 0 Å². The molecule has 1 amide bonds. The number of hydrogen-bond donors (Lipinski definition) is 0. The van der Waals surface area contributed by atoms with Gasteiger partial charge in [0, 0.05) is 12.6 Å². The maximum absolute atomic E-state index is 13.8. The molecule has 41 heavy (non-hydrogen) atoms. The number of thiazole rings is 1. The highest BCUT2D eigenvalue weighted by atomic mass is 32.2. The van der Waals surface area contributed by atoms with Crippen LogP contribution in [0.5, 0.6) is 5.75 Å². The van der Waals surface area contributed by atoms with Crippen LogP contribution in [-0.2, 0) is 10.0 Å². The first kappa shape index (κ1) is 28.0. The van der Waals surface area contributed by atoms with Gasteiger partial charge >= 0.3 is 0 Å². The smallest absolute Gasteiger partial charge is 0.280 e. The zero-order valence-electron chi connectivity index (χ0n) is 22.8. The van der Waals surface area contributed by atoms with Gasteiger partial charge in [-0.1, -0.05) is 35.6 Å². The topological polar surface area (TPSA) is 92.2 Å². The molecule has 1 heterocycles. The predicted molar refractivity (Wildman–Crippen MR) is 165 cm³/mol. The van der Waals surface area contributed by atoms with Crippen LogP contribution >= 0.6 is 11.3 Å². The molecular weight excluding hydrogens is 556 g/mol. The molecule has 0 N–H and O–H groups in total. The summed E-state index contributed by atoms with van der Waals surface area (Å²) in [5.41, 5.74) is 3.42. The molecule has 208 valence electrons. The van der Waals surface area contributed by atoms with E-state index in [9.17, 15) is 13.2 Å². The van der Waals surface area contributed by atoms with Gasteiger partial charge in [0.1, 0.15) is 5.75 Å². The number of rotatable bonds is 9. The highest BCUT2D eigenvalue weighted by Gasteiger charge is 2.24. The van der Waals surface area contributed by atoms with Gasteiger partial charge < -0.3 is 4.74 Å². The van der Waals surface area contributed by atoms with Crippen LogP contribution in [0.15, 0.2) is 107 Å². The molecule has 0 radical (unpaired) electrons. The van der Waals surface area contributed by atoms with E-state index in [4.69, 9.17) is 4.74 Å². The SMILES string of the molecule is CCOc1ccc(/C=N/N(C(=O)c2ccc(S(=O)(=O)N(C)c3ccccc3)cc2)c2nc3ccc(C)cc3s2)cc1. The number of hydrazone groups is 1. The van der Waals surface area contributed by atoms with E-state index in [1.165, 1.54) is 52.0 Å². The third-order valence-corrected chi connectivity index (χ3v) is 9.09. The number of nitrogens with zero attached hydrogens (tertiary/aromatic N) is 4. The summed E-state index contributed by atoms with van der Waals surface area (Å²) in [6.07, 6.45) is 1.58. The zero-order valence-corrected chi connectivity index (χ0v) is 24.4. The van der Waals surface area contributed by atoms with Crippen molar-refractivity contribution in [3.05, 3.63) is 114 Å². The molecule has 8 nitrogen and oxygen atoms in total. The molecule has 10 heteroatoms. The van der Waals surface area contributed by atoms with E-state index in [2.05, 4.69) is 10.1 Å². The first-order valence-corrected chi connectivity index (χ1v) is 15.1. The van der Waals surface area contributed by atoms with Gasteiger partial charge in [0.05, 0.1) is 33.6 Å². The van der Waals surface area contributed by atoms with Crippen molar-refractivity contribution < 1.29 is 17.9 Å². The second kappa shape index (κ2) is 11.9. The Labute approximate surface area is 243 Å². The van der Waals surface area contributed by atoms with E-state index in [1.807, 2.05) is 62.4 Å². The summed E-state index contributed by atoms with van der Waals surface area (Å²) in [7, 11) is -2.33. The normalized spacial score (nSPS) is 11.6. The first-order chi connectivity index (χ1) is 19.8. The first-order valence-electron chi connectivity index (χ1n) is 12.9. The number of amides is 1. The summed E-state index contributed by atoms with van der Waals surface area (Å²) in [6.45, 7) is 4.48. The lowest BCUT2D eigenvalue weighted by molar-refractivity contribution is 0.0987. The number of hydrogen-bond acceptors (Lipinski definition) is 7. The molecule has 5 aromatic rings. The van der Waals surface area contributed by atoms with Crippen molar-refractivity contribution in [2.24, 2.45) is 5.10 Å². The molecule has 0 saturated carbocycles. The highest BCUT2D eigenvalue weighted by molar-refractivity contribution is 7.92. The number of carbonyl (C=O) groups excluding carboxylic acids is 1. The standard InChI is InChI=1S/C31H28N4O4S2/c1-4-39-26-15-11-23(12-16-26)21-32-35(31-33-28-19-10-22(2)20-29(28)40-31)30(36)24-13-17-27(18-14-24)41(37,38)34(3)25-8-6-5-7-9-25/h5-21H,4H2,1-3H3/b32-21+. The van der Waals surface area contributed by atoms with Gasteiger partial charge in [-0.05, 0) is 97.8 Å². The minimum Gasteiger partial charge on any atom is -0.494 e. The fraction of sp³-hybridized carbons (Fsp3) is 0.129. The Morgan fingerprint density at radius 3 is 2.37 bits per heavy atom. The second-order valence-corrected chi connectivity index (χ2v) is 12.1. The molecule has 0 aliphatic carbocycles. The van der Waals surface area contributed by atoms with Crippen LogP contribution in [0.1, 0.15) is 28.4 Å². The molecule has 0 unspecified atom stereocenters. The van der Waals surface area contributed by atoms with Crippen LogP contribution in [-0.4, -0.2) is 39.2 Å². The van der Waals surface area contributed by atoms with Crippen molar-refractivity contribution >= 4 is 54.5 Å². The number of sulfonamides is 1. The molecule has 0 aliphatic rings. The van der Waals surface area contributed by atoms with E-state index in [1.54, 1.807) is 30.5 Å². The van der Waals surface area contributed by atoms with Crippen LogP contribution in [0.3, 0.4) is 0 Å². The number of benzene rings is 4. The van der Waals surface area contributed by atoms with Gasteiger partial charge in [-0.25, -0.2) is 13.4 Å². The zero-order chi connectivity index (χ0) is 29.0. The third-order valence-electron chi connectivity index (χ3n) is 6.30. The van der Waals surface area contributed by atoms with E-state index in [0.29, 0.717) is 17.4 Å². The van der Waals surface area contributed by atoms with Crippen molar-refractivity contribution in [3.8, 4) is 5.75 Å². The second-order valence-electron chi connectivity index (χ2n) is 9.16. The van der Waals surface area contributed by atoms with Crippen molar-refractivity contribution in [1.82, 2.24) is 4.98 Å². The molecule has 5 rings (SSSR count). The molecule has 0 saturated heterocycles. The summed E-state index contributed by atoms with van der Waals surface area (Å²) in [5, 5.41) is 6.16. The Balaban J connectivity index is 1.46. The van der Waals surface area contributed by atoms with Crippen molar-refractivity contribution in [2.75, 3.05) is 23.0 Å². The summed E-state index contributed by atoms with van der Waals surface area (Å²) in [4.78, 5) is 18.5. The average molecular weight is 585 g/mol. The van der Waals surface area contributed by atoms with Crippen LogP contribution in [0.2, 0.25) is 0 Å². The minimum absolute atomic E-state index is 0.0697. The summed E-state index contributed by atoms with van der Waals surface area (Å²) >= 11 is 1.35. The van der Waals surface area contributed by atoms with Crippen LogP contribution < -0.4 is 14.1 Å². The van der Waals surface area contributed by atoms with Gasteiger partial charge in [0.15, 0.2) is 0 Å². The average Bonchev–Trinajstić information content (AvgIpc) is 3.41. The van der Waals surface area contributed by atoms with Gasteiger partial charge in [0.2, 0.25) is 5.13 Å². The summed E-state index contributed by atoms with van der Waals surface area (Å²) < 4.78 is 34.1. The van der Waals surface area contributed by atoms with Crippen LogP contribution in [0.4, 0.5) is 10.8 Å². The van der Waals surface area contributed by atoms with Gasteiger partial charge in [-0.3, -0.25) is 9.10 Å². The van der Waals surface area contributed by atoms with Crippen molar-refractivity contribution in [2.45, 2.75) is 18.7 Å². The van der Waals surface area contributed by atoms with Crippen molar-refractivity contribution in [1.29, 1.82) is 0 Å². The summed E-state index contributed by atoms with van der Waals surface area (Å²) in [5.74, 6) is 0.301. The lowest BCUT2D eigenvalue weighted by Gasteiger charge is -2.19. The number of carbonyl (C=O) groups is 1. The Morgan fingerprint density at radius 2 is 1.68 bits per heavy atom. The predicted octanol–water partition coefficient (Wildman–Crippen LogP) is 6.51. The largest absolute Gasteiger partial charge is 0.494 e. The van der Waals surface area contributed by atoms with E-state index >= 15 is 0 Å². The van der Waals surface area contributed by atoms with E-state index in [-0.39, 0.29) is 10.5 Å². The lowest BCUT2D eigenvalue weighted by Crippen LogP contribution is -2.27.